The molecule has 0 radical (unpaired) electrons. The first-order valence-electron chi connectivity index (χ1n) is 6.87. The Hall–Kier alpha value is -1.75. The van der Waals surface area contributed by atoms with Crippen LogP contribution in [-0.2, 0) is 0 Å². The average Bonchev–Trinajstić information content (AvgIpc) is 2.38. The summed E-state index contributed by atoms with van der Waals surface area (Å²) in [4.78, 5) is 16.4. The molecule has 0 aliphatic carbocycles. The van der Waals surface area contributed by atoms with Crippen LogP contribution < -0.4 is 10.6 Å². The van der Waals surface area contributed by atoms with Gasteiger partial charge in [-0.2, -0.15) is 0 Å². The van der Waals surface area contributed by atoms with E-state index in [1.807, 2.05) is 38.9 Å². The standard InChI is InChI=1S/C15H25N3O2/c1-11(2)18(8-5-9-19)15(20)13-10-12(16)6-7-14(13)17(3)4/h6-7,10-11,19H,5,8-9,16H2,1-4H3. The lowest BCUT2D eigenvalue weighted by Gasteiger charge is -2.28. The molecular weight excluding hydrogens is 254 g/mol. The Bertz CT molecular complexity index is 458. The Labute approximate surface area is 121 Å². The molecule has 0 saturated carbocycles. The highest BCUT2D eigenvalue weighted by Crippen LogP contribution is 2.24. The van der Waals surface area contributed by atoms with E-state index in [9.17, 15) is 4.79 Å². The third kappa shape index (κ3) is 3.87. The van der Waals surface area contributed by atoms with Crippen molar-refractivity contribution in [3.05, 3.63) is 23.8 Å². The zero-order valence-electron chi connectivity index (χ0n) is 12.8. The molecule has 0 heterocycles. The smallest absolute Gasteiger partial charge is 0.256 e. The molecule has 0 aliphatic rings. The van der Waals surface area contributed by atoms with Crippen LogP contribution >= 0.6 is 0 Å². The lowest BCUT2D eigenvalue weighted by Crippen LogP contribution is -2.38. The Kier molecular flexibility index (Phi) is 5.82. The summed E-state index contributed by atoms with van der Waals surface area (Å²) < 4.78 is 0. The molecule has 5 nitrogen and oxygen atoms in total. The first kappa shape index (κ1) is 16.3. The first-order valence-corrected chi connectivity index (χ1v) is 6.87. The predicted octanol–water partition coefficient (Wildman–Crippen LogP) is 1.57. The van der Waals surface area contributed by atoms with E-state index < -0.39 is 0 Å². The number of hydrogen-bond acceptors (Lipinski definition) is 4. The van der Waals surface area contributed by atoms with Crippen molar-refractivity contribution in [3.63, 3.8) is 0 Å². The highest BCUT2D eigenvalue weighted by molar-refractivity contribution is 6.00. The van der Waals surface area contributed by atoms with Gasteiger partial charge in [-0.25, -0.2) is 0 Å². The second-order valence-electron chi connectivity index (χ2n) is 5.34. The van der Waals surface area contributed by atoms with Crippen molar-refractivity contribution in [1.82, 2.24) is 4.90 Å². The molecule has 112 valence electrons. The molecule has 5 heteroatoms. The van der Waals surface area contributed by atoms with Gasteiger partial charge in [0.05, 0.1) is 5.56 Å². The monoisotopic (exact) mass is 279 g/mol. The molecule has 0 bridgehead atoms. The molecule has 0 saturated heterocycles. The van der Waals surface area contributed by atoms with Crippen LogP contribution in [-0.4, -0.2) is 49.2 Å². The van der Waals surface area contributed by atoms with Gasteiger partial charge >= 0.3 is 0 Å². The molecule has 1 aromatic rings. The van der Waals surface area contributed by atoms with Crippen molar-refractivity contribution >= 4 is 17.3 Å². The van der Waals surface area contributed by atoms with Gasteiger partial charge in [0.25, 0.3) is 5.91 Å². The largest absolute Gasteiger partial charge is 0.399 e. The SMILES string of the molecule is CC(C)N(CCCO)C(=O)c1cc(N)ccc1N(C)C. The molecule has 0 fully saturated rings. The lowest BCUT2D eigenvalue weighted by molar-refractivity contribution is 0.0694. The van der Waals surface area contributed by atoms with Crippen LogP contribution in [0.3, 0.4) is 0 Å². The highest BCUT2D eigenvalue weighted by atomic mass is 16.3. The highest BCUT2D eigenvalue weighted by Gasteiger charge is 2.22. The summed E-state index contributed by atoms with van der Waals surface area (Å²) in [6, 6.07) is 5.43. The molecule has 3 N–H and O–H groups in total. The molecule has 0 unspecified atom stereocenters. The number of aliphatic hydroxyl groups is 1. The maximum atomic E-state index is 12.7. The topological polar surface area (TPSA) is 69.8 Å². The normalized spacial score (nSPS) is 10.7. The van der Waals surface area contributed by atoms with E-state index in [0.29, 0.717) is 24.2 Å². The number of anilines is 2. The number of rotatable bonds is 6. The van der Waals surface area contributed by atoms with Gasteiger partial charge < -0.3 is 20.6 Å². The van der Waals surface area contributed by atoms with Crippen molar-refractivity contribution < 1.29 is 9.90 Å². The molecular formula is C15H25N3O2. The van der Waals surface area contributed by atoms with Crippen molar-refractivity contribution in [3.8, 4) is 0 Å². The molecule has 0 aromatic heterocycles. The Morgan fingerprint density at radius 3 is 2.50 bits per heavy atom. The van der Waals surface area contributed by atoms with E-state index in [0.717, 1.165) is 5.69 Å². The van der Waals surface area contributed by atoms with Crippen molar-refractivity contribution in [2.24, 2.45) is 0 Å². The summed E-state index contributed by atoms with van der Waals surface area (Å²) >= 11 is 0. The van der Waals surface area contributed by atoms with Crippen LogP contribution in [0.2, 0.25) is 0 Å². The lowest BCUT2D eigenvalue weighted by atomic mass is 10.1. The van der Waals surface area contributed by atoms with Gasteiger partial charge in [-0.05, 0) is 38.5 Å². The van der Waals surface area contributed by atoms with Crippen LogP contribution in [0.1, 0.15) is 30.6 Å². The van der Waals surface area contributed by atoms with Gasteiger partial charge in [0.15, 0.2) is 0 Å². The van der Waals surface area contributed by atoms with Gasteiger partial charge in [-0.3, -0.25) is 4.79 Å². The minimum absolute atomic E-state index is 0.0514. The maximum absolute atomic E-state index is 12.7. The van der Waals surface area contributed by atoms with Gasteiger partial charge in [-0.15, -0.1) is 0 Å². The van der Waals surface area contributed by atoms with E-state index in [1.165, 1.54) is 0 Å². The van der Waals surface area contributed by atoms with Crippen LogP contribution in [0.4, 0.5) is 11.4 Å². The van der Waals surface area contributed by atoms with Crippen LogP contribution in [0.15, 0.2) is 18.2 Å². The van der Waals surface area contributed by atoms with E-state index in [-0.39, 0.29) is 18.6 Å². The van der Waals surface area contributed by atoms with Gasteiger partial charge in [0, 0.05) is 44.7 Å². The van der Waals surface area contributed by atoms with E-state index in [1.54, 1.807) is 17.0 Å². The van der Waals surface area contributed by atoms with Crippen LogP contribution in [0.25, 0.3) is 0 Å². The van der Waals surface area contributed by atoms with E-state index in [4.69, 9.17) is 10.8 Å². The minimum atomic E-state index is -0.0514. The zero-order chi connectivity index (χ0) is 15.3. The molecule has 0 atom stereocenters. The van der Waals surface area contributed by atoms with Gasteiger partial charge in [0.1, 0.15) is 0 Å². The number of carbonyl (C=O) groups is 1. The summed E-state index contributed by atoms with van der Waals surface area (Å²) in [6.07, 6.45) is 0.573. The third-order valence-corrected chi connectivity index (χ3v) is 3.17. The van der Waals surface area contributed by atoms with Crippen molar-refractivity contribution in [2.45, 2.75) is 26.3 Å². The first-order chi connectivity index (χ1) is 9.38. The molecule has 1 aromatic carbocycles. The fourth-order valence-electron chi connectivity index (χ4n) is 2.10. The van der Waals surface area contributed by atoms with Crippen molar-refractivity contribution in [1.29, 1.82) is 0 Å². The summed E-state index contributed by atoms with van der Waals surface area (Å²) in [5.41, 5.74) is 7.83. The number of nitrogens with two attached hydrogens (primary N) is 1. The fourth-order valence-corrected chi connectivity index (χ4v) is 2.10. The van der Waals surface area contributed by atoms with E-state index >= 15 is 0 Å². The van der Waals surface area contributed by atoms with Crippen LogP contribution in [0.5, 0.6) is 0 Å². The van der Waals surface area contributed by atoms with Crippen molar-refractivity contribution in [2.75, 3.05) is 37.9 Å². The van der Waals surface area contributed by atoms with Gasteiger partial charge in [-0.1, -0.05) is 0 Å². The average molecular weight is 279 g/mol. The Morgan fingerprint density at radius 1 is 1.35 bits per heavy atom. The zero-order valence-corrected chi connectivity index (χ0v) is 12.8. The fraction of sp³-hybridized carbons (Fsp3) is 0.533. The third-order valence-electron chi connectivity index (χ3n) is 3.17. The Morgan fingerprint density at radius 2 is 2.00 bits per heavy atom. The number of nitrogen functional groups attached to an aromatic ring is 1. The number of hydrogen-bond donors (Lipinski definition) is 2. The number of aliphatic hydroxyl groups excluding tert-OH is 1. The summed E-state index contributed by atoms with van der Waals surface area (Å²) in [5, 5.41) is 8.97. The maximum Gasteiger partial charge on any atom is 0.256 e. The number of nitrogens with zero attached hydrogens (tertiary/aromatic N) is 2. The second kappa shape index (κ2) is 7.14. The quantitative estimate of drug-likeness (QED) is 0.776. The van der Waals surface area contributed by atoms with Gasteiger partial charge in [0.2, 0.25) is 0 Å². The Balaban J connectivity index is 3.13. The predicted molar refractivity (Wildman–Crippen MR) is 83.1 cm³/mol. The molecule has 0 spiro atoms. The minimum Gasteiger partial charge on any atom is -0.399 e. The van der Waals surface area contributed by atoms with Crippen LogP contribution in [0, 0.1) is 0 Å². The summed E-state index contributed by atoms with van der Waals surface area (Å²) in [5.74, 6) is -0.0514. The molecule has 20 heavy (non-hydrogen) atoms. The number of carbonyl (C=O) groups excluding carboxylic acids is 1. The van der Waals surface area contributed by atoms with E-state index in [2.05, 4.69) is 0 Å². The number of benzene rings is 1. The second-order valence-corrected chi connectivity index (χ2v) is 5.34. The summed E-state index contributed by atoms with van der Waals surface area (Å²) in [7, 11) is 3.80. The molecule has 0 aliphatic heterocycles. The summed E-state index contributed by atoms with van der Waals surface area (Å²) in [6.45, 7) is 4.55. The molecule has 1 rings (SSSR count). The molecule has 1 amide bonds. The number of amides is 1.